The van der Waals surface area contributed by atoms with Crippen LogP contribution in [0, 0.1) is 6.92 Å². The smallest absolute Gasteiger partial charge is 0.260 e. The zero-order valence-corrected chi connectivity index (χ0v) is 23.4. The molecule has 0 unspecified atom stereocenters. The number of halogens is 1. The van der Waals surface area contributed by atoms with Crippen LogP contribution < -0.4 is 4.90 Å². The van der Waals surface area contributed by atoms with Crippen LogP contribution in [-0.4, -0.2) is 30.2 Å². The topological polar surface area (TPSA) is 83.7 Å². The van der Waals surface area contributed by atoms with E-state index in [9.17, 15) is 13.2 Å². The van der Waals surface area contributed by atoms with Crippen molar-refractivity contribution in [2.45, 2.75) is 31.3 Å². The number of furan rings is 1. The number of aryl methyl sites for hydroxylation is 1. The van der Waals surface area contributed by atoms with Crippen molar-refractivity contribution in [3.63, 3.8) is 0 Å². The molecule has 198 valence electrons. The van der Waals surface area contributed by atoms with Crippen molar-refractivity contribution in [3.05, 3.63) is 112 Å². The second-order valence-electron chi connectivity index (χ2n) is 9.39. The summed E-state index contributed by atoms with van der Waals surface area (Å²) in [7, 11) is -3.72. The van der Waals surface area contributed by atoms with Crippen LogP contribution in [0.4, 0.5) is 5.13 Å². The Kier molecular flexibility index (Phi) is 6.76. The van der Waals surface area contributed by atoms with E-state index in [2.05, 4.69) is 0 Å². The maximum absolute atomic E-state index is 13.8. The molecule has 0 saturated heterocycles. The van der Waals surface area contributed by atoms with Gasteiger partial charge >= 0.3 is 0 Å². The molecule has 1 aliphatic rings. The fourth-order valence-corrected chi connectivity index (χ4v) is 7.47. The van der Waals surface area contributed by atoms with Gasteiger partial charge in [0.2, 0.25) is 10.0 Å². The Bertz CT molecular complexity index is 1740. The van der Waals surface area contributed by atoms with Gasteiger partial charge in [0.15, 0.2) is 5.13 Å². The maximum atomic E-state index is 13.8. The molecule has 3 heterocycles. The second kappa shape index (κ2) is 10.2. The molecule has 0 spiro atoms. The molecule has 5 aromatic rings. The van der Waals surface area contributed by atoms with Gasteiger partial charge in [-0.05, 0) is 72.5 Å². The molecule has 1 amide bonds. The molecule has 0 fully saturated rings. The molecule has 10 heteroatoms. The Morgan fingerprint density at radius 3 is 2.54 bits per heavy atom. The van der Waals surface area contributed by atoms with Crippen LogP contribution in [0.3, 0.4) is 0 Å². The molecule has 39 heavy (non-hydrogen) atoms. The van der Waals surface area contributed by atoms with E-state index < -0.39 is 10.0 Å². The molecule has 0 aliphatic carbocycles. The quantitative estimate of drug-likeness (QED) is 0.232. The number of fused-ring (bicyclic) bond motifs is 2. The summed E-state index contributed by atoms with van der Waals surface area (Å²) in [5.41, 5.74) is 4.22. The van der Waals surface area contributed by atoms with Crippen LogP contribution in [-0.2, 0) is 29.5 Å². The number of hydrogen-bond acceptors (Lipinski definition) is 6. The minimum atomic E-state index is -3.72. The van der Waals surface area contributed by atoms with Crippen molar-refractivity contribution in [2.75, 3.05) is 11.4 Å². The number of carbonyl (C=O) groups is 1. The first-order valence-electron chi connectivity index (χ1n) is 12.4. The predicted molar refractivity (Wildman–Crippen MR) is 153 cm³/mol. The number of anilines is 1. The number of nitrogens with zero attached hydrogens (tertiary/aromatic N) is 3. The molecule has 0 saturated carbocycles. The van der Waals surface area contributed by atoms with E-state index in [4.69, 9.17) is 21.0 Å². The molecule has 3 aromatic carbocycles. The van der Waals surface area contributed by atoms with Crippen LogP contribution in [0.15, 0.2) is 88.4 Å². The first-order valence-corrected chi connectivity index (χ1v) is 15.0. The number of rotatable bonds is 6. The van der Waals surface area contributed by atoms with E-state index in [1.54, 1.807) is 30.5 Å². The van der Waals surface area contributed by atoms with Crippen LogP contribution in [0.2, 0.25) is 5.02 Å². The summed E-state index contributed by atoms with van der Waals surface area (Å²) in [6.45, 7) is 2.85. The van der Waals surface area contributed by atoms with E-state index >= 15 is 0 Å². The number of carbonyl (C=O) groups excluding carboxylic acids is 1. The van der Waals surface area contributed by atoms with E-state index in [-0.39, 0.29) is 17.3 Å². The molecule has 0 atom stereocenters. The summed E-state index contributed by atoms with van der Waals surface area (Å²) in [4.78, 5) is 20.2. The summed E-state index contributed by atoms with van der Waals surface area (Å²) in [5, 5.41) is 1.05. The van der Waals surface area contributed by atoms with Gasteiger partial charge in [-0.2, -0.15) is 4.31 Å². The van der Waals surface area contributed by atoms with Crippen molar-refractivity contribution in [1.82, 2.24) is 9.29 Å². The zero-order chi connectivity index (χ0) is 27.1. The van der Waals surface area contributed by atoms with Crippen molar-refractivity contribution >= 4 is 54.2 Å². The van der Waals surface area contributed by atoms with E-state index in [1.807, 2.05) is 43.3 Å². The third-order valence-electron chi connectivity index (χ3n) is 6.89. The van der Waals surface area contributed by atoms with Crippen LogP contribution in [0.1, 0.15) is 32.8 Å². The van der Waals surface area contributed by atoms with E-state index in [0.717, 1.165) is 21.3 Å². The van der Waals surface area contributed by atoms with Crippen molar-refractivity contribution in [2.24, 2.45) is 0 Å². The SMILES string of the molecule is Cc1ccc(Cl)c2sc(N(Cc3ccco3)C(=O)c3ccc(S(=O)(=O)N4CCc5ccccc5C4)cc3)nc12. The molecular weight excluding hydrogens is 554 g/mol. The van der Waals surface area contributed by atoms with Crippen molar-refractivity contribution < 1.29 is 17.6 Å². The third-order valence-corrected chi connectivity index (χ3v) is 10.3. The molecular formula is C29H24ClN3O4S2. The fourth-order valence-electron chi connectivity index (χ4n) is 4.74. The van der Waals surface area contributed by atoms with Gasteiger partial charge in [0, 0.05) is 18.7 Å². The largest absolute Gasteiger partial charge is 0.467 e. The predicted octanol–water partition coefficient (Wildman–Crippen LogP) is 6.45. The highest BCUT2D eigenvalue weighted by Gasteiger charge is 2.29. The average molecular weight is 578 g/mol. The summed E-state index contributed by atoms with van der Waals surface area (Å²) in [6.07, 6.45) is 2.22. The van der Waals surface area contributed by atoms with E-state index in [0.29, 0.717) is 41.0 Å². The first-order chi connectivity index (χ1) is 18.8. The Balaban J connectivity index is 1.30. The molecule has 0 bridgehead atoms. The first kappa shape index (κ1) is 25.8. The molecule has 0 N–H and O–H groups in total. The highest BCUT2D eigenvalue weighted by molar-refractivity contribution is 7.89. The van der Waals surface area contributed by atoms with Gasteiger partial charge in [-0.1, -0.05) is 53.3 Å². The molecule has 0 radical (unpaired) electrons. The number of amides is 1. The summed E-state index contributed by atoms with van der Waals surface area (Å²) in [5.74, 6) is 0.269. The maximum Gasteiger partial charge on any atom is 0.260 e. The van der Waals surface area contributed by atoms with Gasteiger partial charge < -0.3 is 4.42 Å². The summed E-state index contributed by atoms with van der Waals surface area (Å²) in [6, 6.07) is 21.2. The van der Waals surface area contributed by atoms with Crippen LogP contribution in [0.25, 0.3) is 10.2 Å². The normalized spacial score (nSPS) is 13.9. The zero-order valence-electron chi connectivity index (χ0n) is 21.0. The summed E-state index contributed by atoms with van der Waals surface area (Å²) >= 11 is 7.76. The standard InChI is InChI=1S/C29H24ClN3O4S2/c1-19-8-13-25(30)27-26(19)31-29(38-27)33(18-23-7-4-16-37-23)28(34)21-9-11-24(12-10-21)39(35,36)32-15-14-20-5-2-3-6-22(20)17-32/h2-13,16H,14-15,17-18H2,1H3. The Morgan fingerprint density at radius 2 is 1.82 bits per heavy atom. The number of benzene rings is 3. The lowest BCUT2D eigenvalue weighted by Crippen LogP contribution is -2.36. The number of sulfonamides is 1. The van der Waals surface area contributed by atoms with Gasteiger partial charge in [0.1, 0.15) is 5.76 Å². The molecule has 6 rings (SSSR count). The average Bonchev–Trinajstić information content (AvgIpc) is 3.64. The number of thiazole rings is 1. The monoisotopic (exact) mass is 577 g/mol. The lowest BCUT2D eigenvalue weighted by molar-refractivity contribution is 0.0983. The minimum Gasteiger partial charge on any atom is -0.467 e. The lowest BCUT2D eigenvalue weighted by Gasteiger charge is -2.28. The Labute approximate surface area is 235 Å². The number of hydrogen-bond donors (Lipinski definition) is 0. The van der Waals surface area contributed by atoms with Crippen LogP contribution >= 0.6 is 22.9 Å². The lowest BCUT2D eigenvalue weighted by atomic mass is 10.0. The van der Waals surface area contributed by atoms with Crippen molar-refractivity contribution in [1.29, 1.82) is 0 Å². The minimum absolute atomic E-state index is 0.151. The number of aromatic nitrogens is 1. The second-order valence-corrected chi connectivity index (χ2v) is 12.7. The van der Waals surface area contributed by atoms with Gasteiger partial charge in [-0.3, -0.25) is 9.69 Å². The van der Waals surface area contributed by atoms with Gasteiger partial charge in [-0.25, -0.2) is 13.4 Å². The Morgan fingerprint density at radius 1 is 1.05 bits per heavy atom. The molecule has 2 aromatic heterocycles. The van der Waals surface area contributed by atoms with Crippen LogP contribution in [0.5, 0.6) is 0 Å². The highest BCUT2D eigenvalue weighted by Crippen LogP contribution is 2.37. The van der Waals surface area contributed by atoms with Crippen molar-refractivity contribution in [3.8, 4) is 0 Å². The summed E-state index contributed by atoms with van der Waals surface area (Å²) < 4.78 is 34.6. The molecule has 7 nitrogen and oxygen atoms in total. The molecule has 1 aliphatic heterocycles. The van der Waals surface area contributed by atoms with Gasteiger partial charge in [0.25, 0.3) is 5.91 Å². The highest BCUT2D eigenvalue weighted by atomic mass is 35.5. The third kappa shape index (κ3) is 4.87. The van der Waals surface area contributed by atoms with E-state index in [1.165, 1.54) is 38.2 Å². The van der Waals surface area contributed by atoms with Gasteiger partial charge in [0.05, 0.1) is 32.9 Å². The Hall–Kier alpha value is -3.50. The van der Waals surface area contributed by atoms with Gasteiger partial charge in [-0.15, -0.1) is 0 Å². The fraction of sp³-hybridized carbons (Fsp3) is 0.172.